The first-order valence-electron chi connectivity index (χ1n) is 5.94. The highest BCUT2D eigenvalue weighted by atomic mass is 15.0. The molecule has 1 saturated carbocycles. The standard InChI is InChI=1S/C12H25N/c1-13(2)11-7-10-12-8-5-3-4-6-9-12/h12H,3-11H2,1-2H3. The van der Waals surface area contributed by atoms with Crippen LogP contribution in [0, 0.1) is 5.92 Å². The molecule has 13 heavy (non-hydrogen) atoms. The Morgan fingerprint density at radius 2 is 1.62 bits per heavy atom. The summed E-state index contributed by atoms with van der Waals surface area (Å²) >= 11 is 0. The zero-order chi connectivity index (χ0) is 9.52. The fourth-order valence-corrected chi connectivity index (χ4v) is 2.35. The molecule has 0 heterocycles. The number of hydrogen-bond donors (Lipinski definition) is 0. The van der Waals surface area contributed by atoms with E-state index >= 15 is 0 Å². The van der Waals surface area contributed by atoms with Crippen LogP contribution in [0.15, 0.2) is 0 Å². The molecule has 0 spiro atoms. The van der Waals surface area contributed by atoms with Crippen molar-refractivity contribution in [2.75, 3.05) is 20.6 Å². The Hall–Kier alpha value is -0.0400. The Balaban J connectivity index is 2.05. The molecule has 0 atom stereocenters. The van der Waals surface area contributed by atoms with Crippen molar-refractivity contribution in [1.82, 2.24) is 4.90 Å². The van der Waals surface area contributed by atoms with Gasteiger partial charge in [0.15, 0.2) is 0 Å². The lowest BCUT2D eigenvalue weighted by molar-refractivity contribution is 0.349. The van der Waals surface area contributed by atoms with Crippen molar-refractivity contribution >= 4 is 0 Å². The van der Waals surface area contributed by atoms with Crippen LogP contribution in [-0.2, 0) is 0 Å². The van der Waals surface area contributed by atoms with Gasteiger partial charge in [0.25, 0.3) is 0 Å². The Labute approximate surface area is 83.5 Å². The predicted octanol–water partition coefficient (Wildman–Crippen LogP) is 3.30. The summed E-state index contributed by atoms with van der Waals surface area (Å²) in [4.78, 5) is 2.30. The van der Waals surface area contributed by atoms with Crippen molar-refractivity contribution in [3.05, 3.63) is 0 Å². The van der Waals surface area contributed by atoms with Gasteiger partial charge in [-0.15, -0.1) is 0 Å². The summed E-state index contributed by atoms with van der Waals surface area (Å²) in [5, 5.41) is 0. The zero-order valence-corrected chi connectivity index (χ0v) is 9.39. The molecular weight excluding hydrogens is 158 g/mol. The van der Waals surface area contributed by atoms with E-state index in [0.717, 1.165) is 5.92 Å². The van der Waals surface area contributed by atoms with E-state index in [1.807, 2.05) is 0 Å². The maximum atomic E-state index is 2.30. The van der Waals surface area contributed by atoms with E-state index in [-0.39, 0.29) is 0 Å². The molecule has 0 aromatic carbocycles. The lowest BCUT2D eigenvalue weighted by Crippen LogP contribution is -2.14. The van der Waals surface area contributed by atoms with Crippen LogP contribution in [0.25, 0.3) is 0 Å². The van der Waals surface area contributed by atoms with Crippen LogP contribution in [-0.4, -0.2) is 25.5 Å². The Kier molecular flexibility index (Phi) is 5.45. The molecule has 1 nitrogen and oxygen atoms in total. The van der Waals surface area contributed by atoms with Crippen molar-refractivity contribution in [3.8, 4) is 0 Å². The average Bonchev–Trinajstić information content (AvgIpc) is 2.32. The van der Waals surface area contributed by atoms with Gasteiger partial charge >= 0.3 is 0 Å². The van der Waals surface area contributed by atoms with Crippen LogP contribution >= 0.6 is 0 Å². The number of nitrogens with zero attached hydrogens (tertiary/aromatic N) is 1. The lowest BCUT2D eigenvalue weighted by Gasteiger charge is -2.15. The van der Waals surface area contributed by atoms with Gasteiger partial charge in [-0.05, 0) is 39.4 Å². The van der Waals surface area contributed by atoms with Gasteiger partial charge < -0.3 is 4.90 Å². The van der Waals surface area contributed by atoms with Crippen molar-refractivity contribution in [2.45, 2.75) is 51.4 Å². The summed E-state index contributed by atoms with van der Waals surface area (Å²) in [5.41, 5.74) is 0. The van der Waals surface area contributed by atoms with Gasteiger partial charge in [0, 0.05) is 0 Å². The van der Waals surface area contributed by atoms with Crippen LogP contribution in [0.5, 0.6) is 0 Å². The average molecular weight is 183 g/mol. The molecule has 0 amide bonds. The molecule has 1 heteroatoms. The van der Waals surface area contributed by atoms with Gasteiger partial charge in [-0.2, -0.15) is 0 Å². The molecule has 1 rings (SSSR count). The van der Waals surface area contributed by atoms with Gasteiger partial charge in [-0.25, -0.2) is 0 Å². The minimum absolute atomic E-state index is 1.06. The molecule has 0 unspecified atom stereocenters. The molecule has 0 aromatic heterocycles. The first kappa shape index (κ1) is 11.0. The van der Waals surface area contributed by atoms with Gasteiger partial charge in [-0.3, -0.25) is 0 Å². The highest BCUT2D eigenvalue weighted by Gasteiger charge is 2.11. The Morgan fingerprint density at radius 3 is 2.15 bits per heavy atom. The van der Waals surface area contributed by atoms with E-state index in [1.165, 1.54) is 57.9 Å². The Morgan fingerprint density at radius 1 is 1.00 bits per heavy atom. The lowest BCUT2D eigenvalue weighted by atomic mass is 9.95. The fourth-order valence-electron chi connectivity index (χ4n) is 2.35. The molecule has 0 aliphatic heterocycles. The summed E-state index contributed by atoms with van der Waals surface area (Å²) in [7, 11) is 4.35. The molecule has 0 bridgehead atoms. The van der Waals surface area contributed by atoms with Crippen LogP contribution in [0.2, 0.25) is 0 Å². The van der Waals surface area contributed by atoms with E-state index < -0.39 is 0 Å². The summed E-state index contributed by atoms with van der Waals surface area (Å²) in [6.07, 6.45) is 11.9. The molecule has 78 valence electrons. The molecule has 0 aromatic rings. The highest BCUT2D eigenvalue weighted by Crippen LogP contribution is 2.26. The van der Waals surface area contributed by atoms with Crippen LogP contribution < -0.4 is 0 Å². The van der Waals surface area contributed by atoms with E-state index in [2.05, 4.69) is 19.0 Å². The Bertz CT molecular complexity index is 112. The third-order valence-electron chi connectivity index (χ3n) is 3.19. The summed E-state index contributed by atoms with van der Waals surface area (Å²) < 4.78 is 0. The molecule has 0 saturated heterocycles. The monoisotopic (exact) mass is 183 g/mol. The van der Waals surface area contributed by atoms with Crippen LogP contribution in [0.3, 0.4) is 0 Å². The molecule has 1 fully saturated rings. The minimum atomic E-state index is 1.06. The topological polar surface area (TPSA) is 3.24 Å². The van der Waals surface area contributed by atoms with Crippen LogP contribution in [0.1, 0.15) is 51.4 Å². The minimum Gasteiger partial charge on any atom is -0.309 e. The van der Waals surface area contributed by atoms with Gasteiger partial charge in [0.05, 0.1) is 0 Å². The summed E-state index contributed by atoms with van der Waals surface area (Å²) in [6, 6.07) is 0. The molecule has 0 radical (unpaired) electrons. The largest absolute Gasteiger partial charge is 0.309 e. The highest BCUT2D eigenvalue weighted by molar-refractivity contribution is 4.65. The normalized spacial score (nSPS) is 20.5. The number of hydrogen-bond acceptors (Lipinski definition) is 1. The fraction of sp³-hybridized carbons (Fsp3) is 1.00. The molecule has 1 aliphatic carbocycles. The second kappa shape index (κ2) is 6.42. The summed E-state index contributed by atoms with van der Waals surface area (Å²) in [6.45, 7) is 1.27. The second-order valence-electron chi connectivity index (χ2n) is 4.80. The van der Waals surface area contributed by atoms with E-state index in [0.29, 0.717) is 0 Å². The smallest absolute Gasteiger partial charge is 0.00247 e. The maximum Gasteiger partial charge on any atom is -0.00247 e. The van der Waals surface area contributed by atoms with Crippen molar-refractivity contribution in [1.29, 1.82) is 0 Å². The molecule has 0 N–H and O–H groups in total. The second-order valence-corrected chi connectivity index (χ2v) is 4.80. The van der Waals surface area contributed by atoms with E-state index in [4.69, 9.17) is 0 Å². The first-order valence-corrected chi connectivity index (χ1v) is 5.94. The van der Waals surface area contributed by atoms with Crippen molar-refractivity contribution < 1.29 is 0 Å². The third-order valence-corrected chi connectivity index (χ3v) is 3.19. The third kappa shape index (κ3) is 5.30. The maximum absolute atomic E-state index is 2.30. The zero-order valence-electron chi connectivity index (χ0n) is 9.39. The first-order chi connectivity index (χ1) is 6.29. The van der Waals surface area contributed by atoms with Crippen molar-refractivity contribution in [3.63, 3.8) is 0 Å². The van der Waals surface area contributed by atoms with Gasteiger partial charge in [0.1, 0.15) is 0 Å². The predicted molar refractivity (Wildman–Crippen MR) is 59.0 cm³/mol. The van der Waals surface area contributed by atoms with Gasteiger partial charge in [-0.1, -0.05) is 38.5 Å². The van der Waals surface area contributed by atoms with E-state index in [9.17, 15) is 0 Å². The van der Waals surface area contributed by atoms with Gasteiger partial charge in [0.2, 0.25) is 0 Å². The SMILES string of the molecule is CN(C)CCCC1CCCCCC1. The summed E-state index contributed by atoms with van der Waals surface area (Å²) in [5.74, 6) is 1.06. The quantitative estimate of drug-likeness (QED) is 0.604. The molecule has 1 aliphatic rings. The van der Waals surface area contributed by atoms with E-state index in [1.54, 1.807) is 0 Å². The number of rotatable bonds is 4. The van der Waals surface area contributed by atoms with Crippen molar-refractivity contribution in [2.24, 2.45) is 5.92 Å². The van der Waals surface area contributed by atoms with Crippen LogP contribution in [0.4, 0.5) is 0 Å². The molecular formula is C12H25N.